The van der Waals surface area contributed by atoms with Crippen LogP contribution in [0.2, 0.25) is 0 Å². The number of rotatable bonds is 6. The van der Waals surface area contributed by atoms with E-state index in [0.717, 1.165) is 17.1 Å². The highest BCUT2D eigenvalue weighted by Crippen LogP contribution is 2.26. The molecule has 0 spiro atoms. The lowest BCUT2D eigenvalue weighted by Crippen LogP contribution is -2.38. The monoisotopic (exact) mass is 353 g/mol. The average Bonchev–Trinajstić information content (AvgIpc) is 2.67. The number of aryl methyl sites for hydroxylation is 1. The van der Waals surface area contributed by atoms with Crippen LogP contribution in [-0.2, 0) is 6.61 Å². The van der Waals surface area contributed by atoms with E-state index in [9.17, 15) is 4.79 Å². The summed E-state index contributed by atoms with van der Waals surface area (Å²) in [6, 6.07) is 7.57. The molecule has 5 heteroatoms. The van der Waals surface area contributed by atoms with Gasteiger partial charge in [-0.05, 0) is 50.8 Å². The molecule has 1 aliphatic carbocycles. The van der Waals surface area contributed by atoms with Crippen molar-refractivity contribution in [2.45, 2.75) is 58.6 Å². The van der Waals surface area contributed by atoms with Crippen LogP contribution in [0.5, 0.6) is 5.75 Å². The lowest BCUT2D eigenvalue weighted by atomic mass is 9.84. The number of nitrogens with one attached hydrogen (secondary N) is 1. The zero-order valence-electron chi connectivity index (χ0n) is 15.6. The summed E-state index contributed by atoms with van der Waals surface area (Å²) < 4.78 is 5.71. The molecule has 0 saturated heterocycles. The molecule has 1 amide bonds. The summed E-state index contributed by atoms with van der Waals surface area (Å²) in [5.41, 5.74) is 2.29. The quantitative estimate of drug-likeness (QED) is 0.850. The standard InChI is InChI=1S/C21H27N3O2/c1-15-12-20(10-11-22-15)26-14-19-9-8-18(13-23-19)21(25)24-16(2)17-6-4-3-5-7-17/h8-13,16-17H,3-7,14H2,1-2H3,(H,24,25). The Labute approximate surface area is 155 Å². The minimum absolute atomic E-state index is 0.0483. The molecule has 1 atom stereocenters. The number of aromatic nitrogens is 2. The molecule has 0 radical (unpaired) electrons. The zero-order chi connectivity index (χ0) is 18.4. The molecule has 2 aromatic rings. The first-order chi connectivity index (χ1) is 12.6. The van der Waals surface area contributed by atoms with Gasteiger partial charge in [0.1, 0.15) is 12.4 Å². The van der Waals surface area contributed by atoms with E-state index in [2.05, 4.69) is 22.2 Å². The van der Waals surface area contributed by atoms with Gasteiger partial charge in [0.05, 0.1) is 11.3 Å². The Kier molecular flexibility index (Phi) is 6.21. The molecule has 5 nitrogen and oxygen atoms in total. The van der Waals surface area contributed by atoms with Crippen LogP contribution in [-0.4, -0.2) is 21.9 Å². The predicted octanol–water partition coefficient (Wildman–Crippen LogP) is 4.06. The molecule has 0 bridgehead atoms. The topological polar surface area (TPSA) is 64.1 Å². The molecule has 1 N–H and O–H groups in total. The highest BCUT2D eigenvalue weighted by Gasteiger charge is 2.21. The highest BCUT2D eigenvalue weighted by atomic mass is 16.5. The van der Waals surface area contributed by atoms with Gasteiger partial charge in [0, 0.05) is 30.2 Å². The number of hydrogen-bond acceptors (Lipinski definition) is 4. The summed E-state index contributed by atoms with van der Waals surface area (Å²) in [7, 11) is 0. The van der Waals surface area contributed by atoms with Gasteiger partial charge in [0.25, 0.3) is 5.91 Å². The van der Waals surface area contributed by atoms with Gasteiger partial charge in [0.2, 0.25) is 0 Å². The van der Waals surface area contributed by atoms with E-state index in [4.69, 9.17) is 4.74 Å². The van der Waals surface area contributed by atoms with Gasteiger partial charge in [-0.15, -0.1) is 0 Å². The summed E-state index contributed by atoms with van der Waals surface area (Å²) in [6.07, 6.45) is 9.65. The summed E-state index contributed by atoms with van der Waals surface area (Å²) >= 11 is 0. The molecule has 1 unspecified atom stereocenters. The van der Waals surface area contributed by atoms with E-state index in [0.29, 0.717) is 18.1 Å². The first-order valence-corrected chi connectivity index (χ1v) is 9.43. The number of carbonyl (C=O) groups is 1. The fourth-order valence-corrected chi connectivity index (χ4v) is 3.45. The van der Waals surface area contributed by atoms with E-state index in [1.54, 1.807) is 12.4 Å². The van der Waals surface area contributed by atoms with Crippen LogP contribution >= 0.6 is 0 Å². The third-order valence-corrected chi connectivity index (χ3v) is 5.06. The van der Waals surface area contributed by atoms with E-state index < -0.39 is 0 Å². The molecule has 26 heavy (non-hydrogen) atoms. The maximum Gasteiger partial charge on any atom is 0.253 e. The van der Waals surface area contributed by atoms with Gasteiger partial charge in [-0.25, -0.2) is 0 Å². The van der Waals surface area contributed by atoms with Crippen molar-refractivity contribution in [1.29, 1.82) is 0 Å². The molecule has 3 rings (SSSR count). The lowest BCUT2D eigenvalue weighted by molar-refractivity contribution is 0.0919. The van der Waals surface area contributed by atoms with Gasteiger partial charge < -0.3 is 10.1 Å². The number of ether oxygens (including phenoxy) is 1. The Hall–Kier alpha value is -2.43. The van der Waals surface area contributed by atoms with Crippen molar-refractivity contribution in [3.8, 4) is 5.75 Å². The summed E-state index contributed by atoms with van der Waals surface area (Å²) in [5.74, 6) is 1.31. The number of amides is 1. The predicted molar refractivity (Wildman–Crippen MR) is 101 cm³/mol. The fraction of sp³-hybridized carbons (Fsp3) is 0.476. The first kappa shape index (κ1) is 18.4. The van der Waals surface area contributed by atoms with Crippen LogP contribution < -0.4 is 10.1 Å². The minimum atomic E-state index is -0.0483. The Morgan fingerprint density at radius 2 is 2.04 bits per heavy atom. The second-order valence-corrected chi connectivity index (χ2v) is 7.12. The molecule has 138 valence electrons. The molecule has 1 fully saturated rings. The van der Waals surface area contributed by atoms with Gasteiger partial charge >= 0.3 is 0 Å². The maximum atomic E-state index is 12.4. The maximum absolute atomic E-state index is 12.4. The van der Waals surface area contributed by atoms with Crippen LogP contribution in [0.3, 0.4) is 0 Å². The molecular weight excluding hydrogens is 326 g/mol. The Morgan fingerprint density at radius 3 is 2.73 bits per heavy atom. The van der Waals surface area contributed by atoms with Crippen molar-refractivity contribution in [2.24, 2.45) is 5.92 Å². The van der Waals surface area contributed by atoms with E-state index >= 15 is 0 Å². The molecule has 2 heterocycles. The van der Waals surface area contributed by atoms with Crippen LogP contribution in [0.4, 0.5) is 0 Å². The van der Waals surface area contributed by atoms with Crippen LogP contribution in [0.1, 0.15) is 60.8 Å². The van der Waals surface area contributed by atoms with Gasteiger partial charge in [-0.3, -0.25) is 14.8 Å². The molecule has 1 saturated carbocycles. The molecule has 1 aliphatic rings. The van der Waals surface area contributed by atoms with Crippen molar-refractivity contribution in [3.63, 3.8) is 0 Å². The SMILES string of the molecule is Cc1cc(OCc2ccc(C(=O)NC(C)C3CCCCC3)cn2)ccn1. The van der Waals surface area contributed by atoms with Crippen molar-refractivity contribution >= 4 is 5.91 Å². The first-order valence-electron chi connectivity index (χ1n) is 9.43. The number of pyridine rings is 2. The fourth-order valence-electron chi connectivity index (χ4n) is 3.45. The summed E-state index contributed by atoms with van der Waals surface area (Å²) in [5, 5.41) is 3.13. The van der Waals surface area contributed by atoms with Crippen molar-refractivity contribution in [3.05, 3.63) is 53.6 Å². The second kappa shape index (κ2) is 8.79. The van der Waals surface area contributed by atoms with Crippen LogP contribution in [0, 0.1) is 12.8 Å². The van der Waals surface area contributed by atoms with Crippen LogP contribution in [0.25, 0.3) is 0 Å². The minimum Gasteiger partial charge on any atom is -0.487 e. The van der Waals surface area contributed by atoms with E-state index in [-0.39, 0.29) is 11.9 Å². The van der Waals surface area contributed by atoms with Gasteiger partial charge in [0.15, 0.2) is 0 Å². The Balaban J connectivity index is 1.52. The molecule has 0 aliphatic heterocycles. The Bertz CT molecular complexity index is 724. The van der Waals surface area contributed by atoms with Gasteiger partial charge in [-0.2, -0.15) is 0 Å². The summed E-state index contributed by atoms with van der Waals surface area (Å²) in [4.78, 5) is 20.9. The summed E-state index contributed by atoms with van der Waals surface area (Å²) in [6.45, 7) is 4.40. The third-order valence-electron chi connectivity index (χ3n) is 5.06. The number of hydrogen-bond donors (Lipinski definition) is 1. The highest BCUT2D eigenvalue weighted by molar-refractivity contribution is 5.94. The van der Waals surface area contributed by atoms with Crippen LogP contribution in [0.15, 0.2) is 36.7 Å². The molecular formula is C21H27N3O2. The van der Waals surface area contributed by atoms with Crippen molar-refractivity contribution in [1.82, 2.24) is 15.3 Å². The smallest absolute Gasteiger partial charge is 0.253 e. The largest absolute Gasteiger partial charge is 0.487 e. The van der Waals surface area contributed by atoms with Crippen molar-refractivity contribution in [2.75, 3.05) is 0 Å². The number of nitrogens with zero attached hydrogens (tertiary/aromatic N) is 2. The third kappa shape index (κ3) is 5.04. The second-order valence-electron chi connectivity index (χ2n) is 7.12. The number of carbonyl (C=O) groups excluding carboxylic acids is 1. The van der Waals surface area contributed by atoms with Crippen molar-refractivity contribution < 1.29 is 9.53 Å². The average molecular weight is 353 g/mol. The molecule has 2 aromatic heterocycles. The van der Waals surface area contributed by atoms with Gasteiger partial charge in [-0.1, -0.05) is 19.3 Å². The molecule has 0 aromatic carbocycles. The normalized spacial score (nSPS) is 16.1. The van der Waals surface area contributed by atoms with E-state index in [1.165, 1.54) is 32.1 Å². The van der Waals surface area contributed by atoms with E-state index in [1.807, 2.05) is 31.2 Å². The zero-order valence-corrected chi connectivity index (χ0v) is 15.6. The lowest BCUT2D eigenvalue weighted by Gasteiger charge is -2.28. The Morgan fingerprint density at radius 1 is 1.23 bits per heavy atom.